The number of aromatic nitrogens is 2. The molecule has 0 spiro atoms. The van der Waals surface area contributed by atoms with Gasteiger partial charge in [0.1, 0.15) is 0 Å². The molecule has 2 N–H and O–H groups in total. The number of nitrogens with one attached hydrogen (secondary N) is 2. The highest BCUT2D eigenvalue weighted by Gasteiger charge is 2.39. The van der Waals surface area contributed by atoms with Gasteiger partial charge in [0.2, 0.25) is 5.89 Å². The van der Waals surface area contributed by atoms with Crippen LogP contribution in [0.2, 0.25) is 0 Å². The van der Waals surface area contributed by atoms with Gasteiger partial charge >= 0.3 is 18.1 Å². The van der Waals surface area contributed by atoms with Crippen LogP contribution in [-0.4, -0.2) is 28.8 Å². The van der Waals surface area contributed by atoms with E-state index in [0.717, 1.165) is 19.4 Å². The van der Waals surface area contributed by atoms with E-state index in [4.69, 9.17) is 4.42 Å². The lowest BCUT2D eigenvalue weighted by molar-refractivity contribution is -0.167. The predicted octanol–water partition coefficient (Wildman–Crippen LogP) is 0.995. The molecule has 1 aromatic heterocycles. The van der Waals surface area contributed by atoms with Gasteiger partial charge in [-0.1, -0.05) is 5.10 Å². The molecule has 94 valence electrons. The molecule has 2 rings (SSSR count). The predicted molar refractivity (Wildman–Crippen MR) is 49.0 cm³/mol. The fraction of sp³-hybridized carbons (Fsp3) is 0.625. The SMILES string of the molecule is O=C(Nc1nnc(C2CCCN2)o1)C(F)(F)F. The molecule has 2 heterocycles. The molecule has 1 atom stereocenters. The zero-order chi connectivity index (χ0) is 12.5. The number of carbonyl (C=O) groups is 1. The highest BCUT2D eigenvalue weighted by Crippen LogP contribution is 2.23. The summed E-state index contributed by atoms with van der Waals surface area (Å²) in [6, 6.07) is -0.699. The maximum Gasteiger partial charge on any atom is 0.471 e. The second kappa shape index (κ2) is 4.32. The molecule has 0 saturated carbocycles. The summed E-state index contributed by atoms with van der Waals surface area (Å²) < 4.78 is 40.7. The molecule has 0 aliphatic carbocycles. The number of hydrogen-bond donors (Lipinski definition) is 2. The molecule has 0 bridgehead atoms. The number of amides is 1. The number of hydrogen-bond acceptors (Lipinski definition) is 5. The molecule has 0 radical (unpaired) electrons. The lowest BCUT2D eigenvalue weighted by atomic mass is 10.2. The number of halogens is 3. The Bertz CT molecular complexity index is 411. The van der Waals surface area contributed by atoms with E-state index in [0.29, 0.717) is 0 Å². The van der Waals surface area contributed by atoms with Crippen molar-refractivity contribution in [3.8, 4) is 0 Å². The van der Waals surface area contributed by atoms with Crippen LogP contribution in [0.5, 0.6) is 0 Å². The Morgan fingerprint density at radius 2 is 2.24 bits per heavy atom. The molecule has 1 aliphatic heterocycles. The van der Waals surface area contributed by atoms with Crippen molar-refractivity contribution in [1.29, 1.82) is 0 Å². The lowest BCUT2D eigenvalue weighted by Gasteiger charge is -2.04. The molecule has 1 aromatic rings. The minimum atomic E-state index is -4.97. The first-order valence-corrected chi connectivity index (χ1v) is 4.92. The molecule has 1 amide bonds. The molecule has 0 aromatic carbocycles. The van der Waals surface area contributed by atoms with Crippen LogP contribution in [0.3, 0.4) is 0 Å². The molecule has 1 fully saturated rings. The van der Waals surface area contributed by atoms with Crippen LogP contribution in [0.15, 0.2) is 4.42 Å². The Balaban J connectivity index is 2.01. The van der Waals surface area contributed by atoms with Crippen molar-refractivity contribution < 1.29 is 22.4 Å². The van der Waals surface area contributed by atoms with Gasteiger partial charge in [-0.15, -0.1) is 5.10 Å². The van der Waals surface area contributed by atoms with Gasteiger partial charge in [0.25, 0.3) is 0 Å². The van der Waals surface area contributed by atoms with Gasteiger partial charge in [0.05, 0.1) is 6.04 Å². The third kappa shape index (κ3) is 2.73. The maximum absolute atomic E-state index is 11.9. The van der Waals surface area contributed by atoms with Gasteiger partial charge in [-0.2, -0.15) is 13.2 Å². The lowest BCUT2D eigenvalue weighted by Crippen LogP contribution is -2.30. The van der Waals surface area contributed by atoms with E-state index in [1.165, 1.54) is 5.32 Å². The average molecular weight is 250 g/mol. The smallest absolute Gasteiger partial charge is 0.406 e. The molecule has 1 unspecified atom stereocenters. The summed E-state index contributed by atoms with van der Waals surface area (Å²) in [5.41, 5.74) is 0. The summed E-state index contributed by atoms with van der Waals surface area (Å²) in [5, 5.41) is 11.4. The Labute approximate surface area is 93.6 Å². The Morgan fingerprint density at radius 3 is 2.82 bits per heavy atom. The van der Waals surface area contributed by atoms with Crippen molar-refractivity contribution in [2.75, 3.05) is 11.9 Å². The second-order valence-corrected chi connectivity index (χ2v) is 3.55. The van der Waals surface area contributed by atoms with Crippen LogP contribution < -0.4 is 10.6 Å². The van der Waals surface area contributed by atoms with Crippen LogP contribution in [0.1, 0.15) is 24.8 Å². The third-order valence-corrected chi connectivity index (χ3v) is 2.28. The van der Waals surface area contributed by atoms with Gasteiger partial charge in [-0.05, 0) is 19.4 Å². The normalized spacial score (nSPS) is 20.5. The maximum atomic E-state index is 11.9. The van der Waals surface area contributed by atoms with E-state index in [2.05, 4.69) is 15.5 Å². The fourth-order valence-corrected chi connectivity index (χ4v) is 1.49. The summed E-state index contributed by atoms with van der Waals surface area (Å²) in [6.45, 7) is 0.789. The van der Waals surface area contributed by atoms with E-state index in [9.17, 15) is 18.0 Å². The second-order valence-electron chi connectivity index (χ2n) is 3.55. The zero-order valence-electron chi connectivity index (χ0n) is 8.54. The molecule has 6 nitrogen and oxygen atoms in total. The van der Waals surface area contributed by atoms with Crippen LogP contribution in [0, 0.1) is 0 Å². The Hall–Kier alpha value is -1.64. The van der Waals surface area contributed by atoms with Crippen LogP contribution >= 0.6 is 0 Å². The van der Waals surface area contributed by atoms with Crippen LogP contribution in [0.25, 0.3) is 0 Å². The largest absolute Gasteiger partial charge is 0.471 e. The highest BCUT2D eigenvalue weighted by molar-refractivity contribution is 5.93. The van der Waals surface area contributed by atoms with Crippen molar-refractivity contribution in [3.63, 3.8) is 0 Å². The van der Waals surface area contributed by atoms with E-state index in [1.54, 1.807) is 0 Å². The molecule has 1 saturated heterocycles. The number of anilines is 1. The summed E-state index contributed by atoms with van der Waals surface area (Å²) in [5.74, 6) is -1.95. The number of nitrogens with zero attached hydrogens (tertiary/aromatic N) is 2. The highest BCUT2D eigenvalue weighted by atomic mass is 19.4. The number of carbonyl (C=O) groups excluding carboxylic acids is 1. The van der Waals surface area contributed by atoms with Gasteiger partial charge in [-0.25, -0.2) is 0 Å². The first-order chi connectivity index (χ1) is 7.97. The average Bonchev–Trinajstić information content (AvgIpc) is 2.83. The zero-order valence-corrected chi connectivity index (χ0v) is 8.54. The first kappa shape index (κ1) is 11.8. The number of alkyl halides is 3. The van der Waals surface area contributed by atoms with Crippen molar-refractivity contribution in [3.05, 3.63) is 5.89 Å². The quantitative estimate of drug-likeness (QED) is 0.818. The third-order valence-electron chi connectivity index (χ3n) is 2.28. The topological polar surface area (TPSA) is 80.0 Å². The van der Waals surface area contributed by atoms with Gasteiger partial charge in [-0.3, -0.25) is 10.1 Å². The monoisotopic (exact) mass is 250 g/mol. The standard InChI is InChI=1S/C8H9F3N4O2/c9-8(10,11)6(16)13-7-15-14-5(17-7)4-2-1-3-12-4/h4,12H,1-3H2,(H,13,15,16). The molecular weight excluding hydrogens is 241 g/mol. The minimum Gasteiger partial charge on any atom is -0.406 e. The van der Waals surface area contributed by atoms with Crippen molar-refractivity contribution in [2.24, 2.45) is 0 Å². The summed E-state index contributed by atoms with van der Waals surface area (Å²) in [4.78, 5) is 10.6. The van der Waals surface area contributed by atoms with Crippen molar-refractivity contribution >= 4 is 11.9 Å². The Kier molecular flexibility index (Phi) is 3.01. The van der Waals surface area contributed by atoms with E-state index >= 15 is 0 Å². The van der Waals surface area contributed by atoms with Crippen molar-refractivity contribution in [1.82, 2.24) is 15.5 Å². The summed E-state index contributed by atoms with van der Waals surface area (Å²) >= 11 is 0. The fourth-order valence-electron chi connectivity index (χ4n) is 1.49. The summed E-state index contributed by atoms with van der Waals surface area (Å²) in [6.07, 6.45) is -3.27. The van der Waals surface area contributed by atoms with E-state index in [-0.39, 0.29) is 11.9 Å². The van der Waals surface area contributed by atoms with E-state index < -0.39 is 18.1 Å². The molecular formula is C8H9F3N4O2. The molecule has 9 heteroatoms. The van der Waals surface area contributed by atoms with Gasteiger partial charge < -0.3 is 9.73 Å². The van der Waals surface area contributed by atoms with Crippen molar-refractivity contribution in [2.45, 2.75) is 25.1 Å². The van der Waals surface area contributed by atoms with Gasteiger partial charge in [0.15, 0.2) is 0 Å². The molecule has 17 heavy (non-hydrogen) atoms. The minimum absolute atomic E-state index is 0.154. The molecule has 1 aliphatic rings. The van der Waals surface area contributed by atoms with Crippen LogP contribution in [0.4, 0.5) is 19.2 Å². The van der Waals surface area contributed by atoms with E-state index in [1.807, 2.05) is 0 Å². The Morgan fingerprint density at radius 1 is 1.47 bits per heavy atom. The van der Waals surface area contributed by atoms with Crippen LogP contribution in [-0.2, 0) is 4.79 Å². The van der Waals surface area contributed by atoms with Gasteiger partial charge in [0, 0.05) is 0 Å². The summed E-state index contributed by atoms with van der Waals surface area (Å²) in [7, 11) is 0. The number of rotatable bonds is 2. The first-order valence-electron chi connectivity index (χ1n) is 4.92.